The number of carbonyl (C=O) groups excluding carboxylic acids is 1. The van der Waals surface area contributed by atoms with E-state index in [1.165, 1.54) is 0 Å². The molecule has 0 aliphatic carbocycles. The summed E-state index contributed by atoms with van der Waals surface area (Å²) in [6.45, 7) is -1.12. The number of aliphatic hydroxyl groups excluding tert-OH is 4. The monoisotopic (exact) mass is 213 g/mol. The molecule has 4 atom stereocenters. The summed E-state index contributed by atoms with van der Waals surface area (Å²) < 4.78 is 12.9. The zero-order valence-electron chi connectivity index (χ0n) is 6.87. The van der Waals surface area contributed by atoms with Gasteiger partial charge in [0.2, 0.25) is 0 Å². The number of aliphatic hydroxyl groups is 5. The van der Waals surface area contributed by atoms with Crippen LogP contribution in [0.4, 0.5) is 4.39 Å². The van der Waals surface area contributed by atoms with Gasteiger partial charge in [0.25, 0.3) is 5.85 Å². The number of carboxylic acid groups (broad SMARTS) is 1. The van der Waals surface area contributed by atoms with Gasteiger partial charge in [-0.25, -0.2) is 4.39 Å². The standard InChI is InChI=1S/C6H11FO7/c7-6(14,4(11)5(12)13)3(10)2(9)1-8/h2-4,8-11,14H,1H2,(H,12,13)/p-1/t2-,3+,4+,6+/m1/s1. The molecule has 7 nitrogen and oxygen atoms in total. The molecule has 0 saturated carbocycles. The fourth-order valence-corrected chi connectivity index (χ4v) is 0.697. The summed E-state index contributed by atoms with van der Waals surface area (Å²) >= 11 is 0. The molecule has 0 radical (unpaired) electrons. The molecule has 0 amide bonds. The van der Waals surface area contributed by atoms with Crippen LogP contribution in [0.5, 0.6) is 0 Å². The first kappa shape index (κ1) is 13.2. The van der Waals surface area contributed by atoms with Crippen molar-refractivity contribution in [2.24, 2.45) is 0 Å². The van der Waals surface area contributed by atoms with E-state index in [0.29, 0.717) is 0 Å². The van der Waals surface area contributed by atoms with Crippen LogP contribution < -0.4 is 5.11 Å². The lowest BCUT2D eigenvalue weighted by Gasteiger charge is -2.31. The van der Waals surface area contributed by atoms with Gasteiger partial charge >= 0.3 is 0 Å². The van der Waals surface area contributed by atoms with E-state index < -0.39 is 36.7 Å². The summed E-state index contributed by atoms with van der Waals surface area (Å²) in [5.74, 6) is -6.36. The molecule has 0 bridgehead atoms. The molecule has 5 N–H and O–H groups in total. The number of aliphatic carboxylic acids is 1. The molecule has 0 aromatic rings. The molecule has 0 rings (SSSR count). The number of carboxylic acids is 1. The molecule has 0 aromatic heterocycles. The fraction of sp³-hybridized carbons (Fsp3) is 0.833. The number of alkyl halides is 1. The van der Waals surface area contributed by atoms with Crippen molar-refractivity contribution in [3.8, 4) is 0 Å². The van der Waals surface area contributed by atoms with Gasteiger partial charge in [0.05, 0.1) is 12.6 Å². The lowest BCUT2D eigenvalue weighted by molar-refractivity contribution is -0.337. The molecule has 84 valence electrons. The zero-order valence-corrected chi connectivity index (χ0v) is 6.87. The zero-order chi connectivity index (χ0) is 11.5. The van der Waals surface area contributed by atoms with E-state index in [9.17, 15) is 14.3 Å². The van der Waals surface area contributed by atoms with Gasteiger partial charge in [-0.15, -0.1) is 0 Å². The van der Waals surface area contributed by atoms with Crippen LogP contribution in [-0.2, 0) is 4.79 Å². The molecule has 0 saturated heterocycles. The Labute approximate surface area is 77.7 Å². The first-order chi connectivity index (χ1) is 6.25. The average Bonchev–Trinajstić information content (AvgIpc) is 2.13. The molecule has 0 aromatic carbocycles. The first-order valence-corrected chi connectivity index (χ1v) is 3.52. The van der Waals surface area contributed by atoms with Gasteiger partial charge in [-0.2, -0.15) is 0 Å². The molecule has 8 heteroatoms. The Bertz CT molecular complexity index is 206. The van der Waals surface area contributed by atoms with Crippen LogP contribution >= 0.6 is 0 Å². The van der Waals surface area contributed by atoms with Crippen molar-refractivity contribution < 1.29 is 39.8 Å². The number of hydrogen-bond acceptors (Lipinski definition) is 7. The minimum Gasteiger partial charge on any atom is -0.547 e. The maximum atomic E-state index is 12.9. The van der Waals surface area contributed by atoms with Crippen LogP contribution in [0, 0.1) is 0 Å². The second-order valence-corrected chi connectivity index (χ2v) is 2.64. The van der Waals surface area contributed by atoms with E-state index in [4.69, 9.17) is 25.5 Å². The van der Waals surface area contributed by atoms with E-state index in [1.807, 2.05) is 0 Å². The average molecular weight is 213 g/mol. The molecule has 14 heavy (non-hydrogen) atoms. The maximum Gasteiger partial charge on any atom is 0.267 e. The Morgan fingerprint density at radius 3 is 2.14 bits per heavy atom. The number of halogens is 1. The van der Waals surface area contributed by atoms with Crippen LogP contribution in [-0.4, -0.2) is 62.3 Å². The second-order valence-electron chi connectivity index (χ2n) is 2.64. The minimum atomic E-state index is -4.00. The Morgan fingerprint density at radius 2 is 1.86 bits per heavy atom. The Balaban J connectivity index is 4.67. The van der Waals surface area contributed by atoms with E-state index in [0.717, 1.165) is 0 Å². The van der Waals surface area contributed by atoms with Gasteiger partial charge in [0.15, 0.2) is 6.10 Å². The Hall–Kier alpha value is -0.800. The van der Waals surface area contributed by atoms with Crippen LogP contribution in [0.1, 0.15) is 0 Å². The summed E-state index contributed by atoms with van der Waals surface area (Å²) in [6.07, 6.45) is -7.82. The van der Waals surface area contributed by atoms with Crippen molar-refractivity contribution in [3.63, 3.8) is 0 Å². The van der Waals surface area contributed by atoms with Gasteiger partial charge in [0.1, 0.15) is 12.2 Å². The summed E-state index contributed by atoms with van der Waals surface area (Å²) in [5.41, 5.74) is 0. The maximum absolute atomic E-state index is 12.9. The molecule has 0 unspecified atom stereocenters. The van der Waals surface area contributed by atoms with Crippen molar-refractivity contribution >= 4 is 5.97 Å². The highest BCUT2D eigenvalue weighted by atomic mass is 19.2. The first-order valence-electron chi connectivity index (χ1n) is 3.52. The van der Waals surface area contributed by atoms with Crippen LogP contribution in [0.15, 0.2) is 0 Å². The normalized spacial score (nSPS) is 22.1. The van der Waals surface area contributed by atoms with Crippen molar-refractivity contribution in [2.45, 2.75) is 24.2 Å². The summed E-state index contributed by atoms with van der Waals surface area (Å²) in [6, 6.07) is 0. The number of rotatable bonds is 5. The fourth-order valence-electron chi connectivity index (χ4n) is 0.697. The molecule has 0 aliphatic rings. The Kier molecular flexibility index (Phi) is 4.36. The summed E-state index contributed by atoms with van der Waals surface area (Å²) in [5, 5.41) is 52.8. The smallest absolute Gasteiger partial charge is 0.267 e. The van der Waals surface area contributed by atoms with Crippen molar-refractivity contribution in [1.29, 1.82) is 0 Å². The molecule has 0 fully saturated rings. The van der Waals surface area contributed by atoms with E-state index in [-0.39, 0.29) is 0 Å². The molecule has 0 aliphatic heterocycles. The third-order valence-corrected chi connectivity index (χ3v) is 1.57. The highest BCUT2D eigenvalue weighted by Crippen LogP contribution is 2.20. The van der Waals surface area contributed by atoms with Gasteiger partial charge < -0.3 is 35.4 Å². The van der Waals surface area contributed by atoms with Crippen LogP contribution in [0.25, 0.3) is 0 Å². The van der Waals surface area contributed by atoms with Crippen molar-refractivity contribution in [2.75, 3.05) is 6.61 Å². The third-order valence-electron chi connectivity index (χ3n) is 1.57. The molecular weight excluding hydrogens is 203 g/mol. The van der Waals surface area contributed by atoms with E-state index >= 15 is 0 Å². The molecule has 0 heterocycles. The predicted octanol–water partition coefficient (Wildman–Crippen LogP) is -4.53. The highest BCUT2D eigenvalue weighted by Gasteiger charge is 2.47. The number of hydrogen-bond donors (Lipinski definition) is 5. The Morgan fingerprint density at radius 1 is 1.43 bits per heavy atom. The minimum absolute atomic E-state index is 1.12. The summed E-state index contributed by atoms with van der Waals surface area (Å²) in [7, 11) is 0. The molecule has 0 spiro atoms. The molecular formula is C6H10FO7-. The van der Waals surface area contributed by atoms with Crippen molar-refractivity contribution in [3.05, 3.63) is 0 Å². The van der Waals surface area contributed by atoms with E-state index in [2.05, 4.69) is 0 Å². The van der Waals surface area contributed by atoms with Gasteiger partial charge in [-0.3, -0.25) is 0 Å². The van der Waals surface area contributed by atoms with Crippen molar-refractivity contribution in [1.82, 2.24) is 0 Å². The van der Waals surface area contributed by atoms with Gasteiger partial charge in [-0.1, -0.05) is 0 Å². The van der Waals surface area contributed by atoms with E-state index in [1.54, 1.807) is 0 Å². The van der Waals surface area contributed by atoms with Gasteiger partial charge in [0, 0.05) is 0 Å². The summed E-state index contributed by atoms with van der Waals surface area (Å²) in [4.78, 5) is 9.94. The SMILES string of the molecule is O=C([O-])[C@H](O)[C@](O)(F)[C@@H](O)[C@H](O)CO. The largest absolute Gasteiger partial charge is 0.547 e. The third kappa shape index (κ3) is 2.59. The highest BCUT2D eigenvalue weighted by molar-refractivity contribution is 5.71. The number of carbonyl (C=O) groups is 1. The quantitative estimate of drug-likeness (QED) is 0.309. The second kappa shape index (κ2) is 4.62. The topological polar surface area (TPSA) is 141 Å². The predicted molar refractivity (Wildman–Crippen MR) is 36.2 cm³/mol. The van der Waals surface area contributed by atoms with Crippen LogP contribution in [0.3, 0.4) is 0 Å². The lowest BCUT2D eigenvalue weighted by atomic mass is 10.0. The van der Waals surface area contributed by atoms with Crippen LogP contribution in [0.2, 0.25) is 0 Å². The lowest BCUT2D eigenvalue weighted by Crippen LogP contribution is -2.59. The van der Waals surface area contributed by atoms with Gasteiger partial charge in [-0.05, 0) is 0 Å².